The van der Waals surface area contributed by atoms with E-state index in [1.54, 1.807) is 24.3 Å². The van der Waals surface area contributed by atoms with Gasteiger partial charge >= 0.3 is 0 Å². The predicted molar refractivity (Wildman–Crippen MR) is 146 cm³/mol. The SMILES string of the molecule is CCN(C1CCCCC1)S(=O)(=O)c1ccc(S(=O)(=O)N(CC(=O)Nc2ccccc2)C[C@@H]2CCCO2)cc1. The summed E-state index contributed by atoms with van der Waals surface area (Å²) in [6.07, 6.45) is 6.03. The monoisotopic (exact) mass is 563 g/mol. The molecule has 9 nitrogen and oxygen atoms in total. The summed E-state index contributed by atoms with van der Waals surface area (Å²) in [6.45, 7) is 2.39. The fourth-order valence-corrected chi connectivity index (χ4v) is 8.33. The minimum absolute atomic E-state index is 0.0350. The Kier molecular flexibility index (Phi) is 9.59. The van der Waals surface area contributed by atoms with Crippen LogP contribution in [-0.2, 0) is 29.6 Å². The molecule has 1 aliphatic heterocycles. The highest BCUT2D eigenvalue weighted by atomic mass is 32.2. The molecule has 2 fully saturated rings. The first kappa shape index (κ1) is 28.7. The second-order valence-corrected chi connectivity index (χ2v) is 13.6. The molecule has 0 aromatic heterocycles. The summed E-state index contributed by atoms with van der Waals surface area (Å²) in [6, 6.07) is 14.1. The third-order valence-corrected chi connectivity index (χ3v) is 11.0. The number of para-hydroxylation sites is 1. The van der Waals surface area contributed by atoms with Crippen molar-refractivity contribution in [3.63, 3.8) is 0 Å². The van der Waals surface area contributed by atoms with Gasteiger partial charge in [0, 0.05) is 31.4 Å². The first-order valence-electron chi connectivity index (χ1n) is 13.3. The van der Waals surface area contributed by atoms with E-state index in [9.17, 15) is 21.6 Å². The topological polar surface area (TPSA) is 113 Å². The zero-order valence-corrected chi connectivity index (χ0v) is 23.4. The van der Waals surface area contributed by atoms with Gasteiger partial charge in [0.1, 0.15) is 0 Å². The Balaban J connectivity index is 1.54. The lowest BCUT2D eigenvalue weighted by Crippen LogP contribution is -2.42. The molecule has 1 saturated heterocycles. The lowest BCUT2D eigenvalue weighted by Gasteiger charge is -2.32. The van der Waals surface area contributed by atoms with E-state index in [0.717, 1.165) is 42.8 Å². The fourth-order valence-electron chi connectivity index (χ4n) is 5.21. The van der Waals surface area contributed by atoms with Crippen LogP contribution in [0.3, 0.4) is 0 Å². The van der Waals surface area contributed by atoms with Crippen LogP contribution in [0.1, 0.15) is 51.9 Å². The molecule has 1 saturated carbocycles. The molecule has 0 bridgehead atoms. The molecule has 0 spiro atoms. The molecule has 2 aromatic rings. The highest BCUT2D eigenvalue weighted by Crippen LogP contribution is 2.29. The van der Waals surface area contributed by atoms with Crippen molar-refractivity contribution in [1.82, 2.24) is 8.61 Å². The van der Waals surface area contributed by atoms with Crippen molar-refractivity contribution in [2.45, 2.75) is 73.8 Å². The van der Waals surface area contributed by atoms with Gasteiger partial charge in [-0.15, -0.1) is 0 Å². The molecular weight excluding hydrogens is 526 g/mol. The van der Waals surface area contributed by atoms with E-state index in [-0.39, 0.29) is 35.0 Å². The Bertz CT molecular complexity index is 1270. The summed E-state index contributed by atoms with van der Waals surface area (Å²) in [5.41, 5.74) is 0.569. The molecule has 4 rings (SSSR count). The van der Waals surface area contributed by atoms with Crippen LogP contribution in [-0.4, -0.2) is 69.7 Å². The average molecular weight is 564 g/mol. The van der Waals surface area contributed by atoms with Gasteiger partial charge in [-0.2, -0.15) is 8.61 Å². The molecule has 1 heterocycles. The van der Waals surface area contributed by atoms with Crippen molar-refractivity contribution in [3.05, 3.63) is 54.6 Å². The summed E-state index contributed by atoms with van der Waals surface area (Å²) in [4.78, 5) is 12.8. The maximum Gasteiger partial charge on any atom is 0.243 e. The lowest BCUT2D eigenvalue weighted by atomic mass is 9.95. The number of nitrogens with zero attached hydrogens (tertiary/aromatic N) is 2. The largest absolute Gasteiger partial charge is 0.377 e. The molecule has 2 aliphatic rings. The number of hydrogen-bond donors (Lipinski definition) is 1. The first-order valence-corrected chi connectivity index (χ1v) is 16.2. The quantitative estimate of drug-likeness (QED) is 0.445. The van der Waals surface area contributed by atoms with Crippen molar-refractivity contribution in [3.8, 4) is 0 Å². The number of carbonyl (C=O) groups excluding carboxylic acids is 1. The van der Waals surface area contributed by atoms with Crippen molar-refractivity contribution in [2.24, 2.45) is 0 Å². The van der Waals surface area contributed by atoms with Crippen LogP contribution >= 0.6 is 0 Å². The van der Waals surface area contributed by atoms with Gasteiger partial charge in [0.05, 0.1) is 22.4 Å². The van der Waals surface area contributed by atoms with E-state index in [2.05, 4.69) is 5.32 Å². The summed E-state index contributed by atoms with van der Waals surface area (Å²) >= 11 is 0. The van der Waals surface area contributed by atoms with Gasteiger partial charge in [-0.05, 0) is 62.1 Å². The third kappa shape index (κ3) is 6.81. The summed E-state index contributed by atoms with van der Waals surface area (Å²) in [5.74, 6) is -0.469. The van der Waals surface area contributed by atoms with Crippen LogP contribution in [0, 0.1) is 0 Å². The number of ether oxygens (including phenoxy) is 1. The van der Waals surface area contributed by atoms with Gasteiger partial charge in [-0.25, -0.2) is 16.8 Å². The molecule has 0 unspecified atom stereocenters. The Morgan fingerprint density at radius 2 is 1.50 bits per heavy atom. The summed E-state index contributed by atoms with van der Waals surface area (Å²) < 4.78 is 62.4. The highest BCUT2D eigenvalue weighted by molar-refractivity contribution is 7.89. The number of hydrogen-bond acceptors (Lipinski definition) is 6. The van der Waals surface area contributed by atoms with E-state index in [0.29, 0.717) is 25.3 Å². The normalized spacial score (nSPS) is 19.2. The predicted octanol–water partition coefficient (Wildman–Crippen LogP) is 3.84. The Labute approximate surface area is 226 Å². The Hall–Kier alpha value is -2.31. The van der Waals surface area contributed by atoms with Gasteiger partial charge in [-0.3, -0.25) is 4.79 Å². The van der Waals surface area contributed by atoms with Crippen LogP contribution in [0.4, 0.5) is 5.69 Å². The smallest absolute Gasteiger partial charge is 0.243 e. The Morgan fingerprint density at radius 3 is 2.08 bits per heavy atom. The molecule has 1 atom stereocenters. The van der Waals surface area contributed by atoms with Crippen LogP contribution in [0.2, 0.25) is 0 Å². The number of carbonyl (C=O) groups is 1. The number of amides is 1. The van der Waals surface area contributed by atoms with E-state index >= 15 is 0 Å². The number of rotatable bonds is 11. The van der Waals surface area contributed by atoms with Crippen LogP contribution in [0.25, 0.3) is 0 Å². The van der Waals surface area contributed by atoms with Gasteiger partial charge in [0.15, 0.2) is 0 Å². The second-order valence-electron chi connectivity index (χ2n) is 9.82. The molecule has 11 heteroatoms. The van der Waals surface area contributed by atoms with Crippen LogP contribution < -0.4 is 5.32 Å². The fraction of sp³-hybridized carbons (Fsp3) is 0.519. The van der Waals surface area contributed by atoms with Gasteiger partial charge in [-0.1, -0.05) is 44.4 Å². The average Bonchev–Trinajstić information content (AvgIpc) is 3.43. The van der Waals surface area contributed by atoms with Gasteiger partial charge in [0.2, 0.25) is 26.0 Å². The van der Waals surface area contributed by atoms with Gasteiger partial charge in [0.25, 0.3) is 0 Å². The maximum absolute atomic E-state index is 13.6. The number of anilines is 1. The summed E-state index contributed by atoms with van der Waals surface area (Å²) in [5, 5.41) is 2.73. The number of sulfonamides is 2. The van der Waals surface area contributed by atoms with E-state index in [1.165, 1.54) is 28.6 Å². The second kappa shape index (κ2) is 12.7. The van der Waals surface area contributed by atoms with E-state index < -0.39 is 26.0 Å². The molecule has 38 heavy (non-hydrogen) atoms. The number of benzene rings is 2. The molecule has 2 aromatic carbocycles. The Morgan fingerprint density at radius 1 is 0.868 bits per heavy atom. The molecule has 1 N–H and O–H groups in total. The molecule has 0 radical (unpaired) electrons. The number of nitrogens with one attached hydrogen (secondary N) is 1. The van der Waals surface area contributed by atoms with Crippen molar-refractivity contribution in [1.29, 1.82) is 0 Å². The van der Waals surface area contributed by atoms with Crippen LogP contribution in [0.15, 0.2) is 64.4 Å². The van der Waals surface area contributed by atoms with Crippen molar-refractivity contribution >= 4 is 31.6 Å². The highest BCUT2D eigenvalue weighted by Gasteiger charge is 2.33. The lowest BCUT2D eigenvalue weighted by molar-refractivity contribution is -0.116. The van der Waals surface area contributed by atoms with Gasteiger partial charge < -0.3 is 10.1 Å². The minimum atomic E-state index is -4.10. The molecular formula is C27H37N3O6S2. The van der Waals surface area contributed by atoms with Crippen LogP contribution in [0.5, 0.6) is 0 Å². The van der Waals surface area contributed by atoms with Crippen molar-refractivity contribution in [2.75, 3.05) is 31.6 Å². The molecule has 1 aliphatic carbocycles. The maximum atomic E-state index is 13.6. The molecule has 208 valence electrons. The molecule has 1 amide bonds. The third-order valence-electron chi connectivity index (χ3n) is 7.17. The van der Waals surface area contributed by atoms with Crippen molar-refractivity contribution < 1.29 is 26.4 Å². The van der Waals surface area contributed by atoms with E-state index in [4.69, 9.17) is 4.74 Å². The summed E-state index contributed by atoms with van der Waals surface area (Å²) in [7, 11) is -7.87. The zero-order valence-electron chi connectivity index (χ0n) is 21.8. The zero-order chi connectivity index (χ0) is 27.2. The van der Waals surface area contributed by atoms with E-state index in [1.807, 2.05) is 13.0 Å². The minimum Gasteiger partial charge on any atom is -0.377 e. The first-order chi connectivity index (χ1) is 18.2. The standard InChI is InChI=1S/C27H37N3O6S2/c1-2-30(23-12-7-4-8-13-23)38(34,35)26-17-15-25(16-18-26)37(32,33)29(20-24-14-9-19-36-24)21-27(31)28-22-10-5-3-6-11-22/h3,5-6,10-11,15-18,23-24H,2,4,7-9,12-14,19-21H2,1H3,(H,28,31)/t24-/m0/s1.